The summed E-state index contributed by atoms with van der Waals surface area (Å²) in [6.45, 7) is 2.25. The van der Waals surface area contributed by atoms with Crippen molar-refractivity contribution >= 4 is 5.95 Å². The van der Waals surface area contributed by atoms with E-state index in [-0.39, 0.29) is 12.6 Å². The van der Waals surface area contributed by atoms with Gasteiger partial charge in [0.25, 0.3) is 11.8 Å². The molecule has 0 bridgehead atoms. The third-order valence-corrected chi connectivity index (χ3v) is 1.87. The molecule has 0 spiro atoms. The molecule has 0 fully saturated rings. The van der Waals surface area contributed by atoms with Gasteiger partial charge in [0.1, 0.15) is 5.75 Å². The van der Waals surface area contributed by atoms with Crippen LogP contribution < -0.4 is 10.5 Å². The zero-order valence-corrected chi connectivity index (χ0v) is 8.30. The highest BCUT2D eigenvalue weighted by atomic mass is 16.5. The first-order chi connectivity index (χ1) is 7.24. The van der Waals surface area contributed by atoms with Crippen molar-refractivity contribution in [2.45, 2.75) is 13.5 Å². The molecule has 2 rings (SSSR count). The summed E-state index contributed by atoms with van der Waals surface area (Å²) >= 11 is 0. The Bertz CT molecular complexity index is 436. The molecule has 0 unspecified atom stereocenters. The van der Waals surface area contributed by atoms with E-state index in [4.69, 9.17) is 15.0 Å². The number of nitrogens with zero attached hydrogens (tertiary/aromatic N) is 2. The van der Waals surface area contributed by atoms with Crippen LogP contribution in [0.2, 0.25) is 0 Å². The van der Waals surface area contributed by atoms with Crippen molar-refractivity contribution in [3.8, 4) is 5.75 Å². The second-order valence-corrected chi connectivity index (χ2v) is 3.15. The zero-order chi connectivity index (χ0) is 10.7. The number of benzene rings is 1. The summed E-state index contributed by atoms with van der Waals surface area (Å²) in [5, 5.41) is 3.45. The average molecular weight is 205 g/mol. The fraction of sp³-hybridized carbons (Fsp3) is 0.200. The van der Waals surface area contributed by atoms with Crippen molar-refractivity contribution in [3.05, 3.63) is 35.7 Å². The third-order valence-electron chi connectivity index (χ3n) is 1.87. The topological polar surface area (TPSA) is 74.2 Å². The van der Waals surface area contributed by atoms with Crippen LogP contribution in [0.4, 0.5) is 5.95 Å². The summed E-state index contributed by atoms with van der Waals surface area (Å²) in [5.41, 5.74) is 6.48. The molecule has 0 atom stereocenters. The van der Waals surface area contributed by atoms with Gasteiger partial charge in [0.15, 0.2) is 6.61 Å². The van der Waals surface area contributed by atoms with Gasteiger partial charge in [0, 0.05) is 0 Å². The van der Waals surface area contributed by atoms with E-state index in [9.17, 15) is 0 Å². The van der Waals surface area contributed by atoms with E-state index in [1.165, 1.54) is 5.56 Å². The van der Waals surface area contributed by atoms with Crippen LogP contribution in [0.1, 0.15) is 11.5 Å². The highest BCUT2D eigenvalue weighted by molar-refractivity contribution is 5.26. The van der Waals surface area contributed by atoms with Gasteiger partial charge in [-0.15, -0.1) is 0 Å². The van der Waals surface area contributed by atoms with Crippen LogP contribution in [-0.4, -0.2) is 10.1 Å². The summed E-state index contributed by atoms with van der Waals surface area (Å²) < 4.78 is 10.2. The first-order valence-corrected chi connectivity index (χ1v) is 4.51. The fourth-order valence-electron chi connectivity index (χ4n) is 1.11. The lowest BCUT2D eigenvalue weighted by atomic mass is 10.2. The maximum absolute atomic E-state index is 5.41. The van der Waals surface area contributed by atoms with Crippen LogP contribution in [0.15, 0.2) is 28.8 Å². The molecule has 0 aliphatic rings. The number of hydrogen-bond donors (Lipinski definition) is 1. The molecule has 2 aromatic rings. The summed E-state index contributed by atoms with van der Waals surface area (Å²) in [6.07, 6.45) is 0. The fourth-order valence-corrected chi connectivity index (χ4v) is 1.11. The Morgan fingerprint density at radius 2 is 2.07 bits per heavy atom. The standard InChI is InChI=1S/C10H11N3O2/c1-7-2-4-8(5-3-7)14-6-9-12-10(11)13-15-9/h2-5H,6H2,1H3,(H2,11,13). The normalized spacial score (nSPS) is 10.2. The molecular weight excluding hydrogens is 194 g/mol. The van der Waals surface area contributed by atoms with Crippen LogP contribution in [0.25, 0.3) is 0 Å². The number of anilines is 1. The second-order valence-electron chi connectivity index (χ2n) is 3.15. The van der Waals surface area contributed by atoms with Gasteiger partial charge in [0.05, 0.1) is 0 Å². The van der Waals surface area contributed by atoms with Gasteiger partial charge in [-0.05, 0) is 24.2 Å². The third kappa shape index (κ3) is 2.46. The van der Waals surface area contributed by atoms with Crippen LogP contribution >= 0.6 is 0 Å². The average Bonchev–Trinajstić information content (AvgIpc) is 2.64. The minimum absolute atomic E-state index is 0.123. The van der Waals surface area contributed by atoms with E-state index in [0.717, 1.165) is 5.75 Å². The van der Waals surface area contributed by atoms with Gasteiger partial charge >= 0.3 is 0 Å². The van der Waals surface area contributed by atoms with Crippen molar-refractivity contribution in [1.82, 2.24) is 10.1 Å². The molecule has 5 nitrogen and oxygen atoms in total. The highest BCUT2D eigenvalue weighted by Gasteiger charge is 2.03. The molecular formula is C10H11N3O2. The Balaban J connectivity index is 1.96. The quantitative estimate of drug-likeness (QED) is 0.822. The molecule has 15 heavy (non-hydrogen) atoms. The lowest BCUT2D eigenvalue weighted by molar-refractivity contribution is 0.243. The number of aryl methyl sites for hydroxylation is 1. The Morgan fingerprint density at radius 1 is 1.33 bits per heavy atom. The smallest absolute Gasteiger partial charge is 0.266 e. The van der Waals surface area contributed by atoms with E-state index in [1.807, 2.05) is 31.2 Å². The molecule has 2 N–H and O–H groups in total. The Labute approximate surface area is 86.9 Å². The van der Waals surface area contributed by atoms with Gasteiger partial charge < -0.3 is 15.0 Å². The monoisotopic (exact) mass is 205 g/mol. The number of ether oxygens (including phenoxy) is 1. The second kappa shape index (κ2) is 4.00. The van der Waals surface area contributed by atoms with Crippen LogP contribution in [0, 0.1) is 6.92 Å². The first kappa shape index (κ1) is 9.51. The number of hydrogen-bond acceptors (Lipinski definition) is 5. The Hall–Kier alpha value is -2.04. The molecule has 0 radical (unpaired) electrons. The van der Waals surface area contributed by atoms with E-state index in [1.54, 1.807) is 0 Å². The minimum Gasteiger partial charge on any atom is -0.484 e. The summed E-state index contributed by atoms with van der Waals surface area (Å²) in [7, 11) is 0. The minimum atomic E-state index is 0.123. The van der Waals surface area contributed by atoms with Crippen molar-refractivity contribution in [2.75, 3.05) is 5.73 Å². The van der Waals surface area contributed by atoms with Crippen molar-refractivity contribution < 1.29 is 9.26 Å². The van der Waals surface area contributed by atoms with E-state index in [0.29, 0.717) is 5.89 Å². The van der Waals surface area contributed by atoms with E-state index < -0.39 is 0 Å². The van der Waals surface area contributed by atoms with Crippen LogP contribution in [-0.2, 0) is 6.61 Å². The summed E-state index contributed by atoms with van der Waals surface area (Å²) in [6, 6.07) is 7.71. The molecule has 1 heterocycles. The molecule has 78 valence electrons. The molecule has 0 amide bonds. The zero-order valence-electron chi connectivity index (χ0n) is 8.30. The lowest BCUT2D eigenvalue weighted by Gasteiger charge is -2.02. The molecule has 1 aromatic carbocycles. The van der Waals surface area contributed by atoms with Gasteiger partial charge in [-0.1, -0.05) is 17.7 Å². The number of aromatic nitrogens is 2. The first-order valence-electron chi connectivity index (χ1n) is 4.51. The number of nitrogen functional groups attached to an aromatic ring is 1. The number of rotatable bonds is 3. The molecule has 0 saturated carbocycles. The summed E-state index contributed by atoms with van der Waals surface area (Å²) in [5.74, 6) is 1.25. The maximum atomic E-state index is 5.41. The highest BCUT2D eigenvalue weighted by Crippen LogP contribution is 2.13. The summed E-state index contributed by atoms with van der Waals surface area (Å²) in [4.78, 5) is 3.82. The van der Waals surface area contributed by atoms with Crippen LogP contribution in [0.3, 0.4) is 0 Å². The van der Waals surface area contributed by atoms with Gasteiger partial charge in [0.2, 0.25) is 0 Å². The SMILES string of the molecule is Cc1ccc(OCc2nc(N)no2)cc1. The van der Waals surface area contributed by atoms with Crippen LogP contribution in [0.5, 0.6) is 5.75 Å². The van der Waals surface area contributed by atoms with Crippen molar-refractivity contribution in [3.63, 3.8) is 0 Å². The van der Waals surface area contributed by atoms with Crippen molar-refractivity contribution in [2.24, 2.45) is 0 Å². The van der Waals surface area contributed by atoms with Gasteiger partial charge in [-0.25, -0.2) is 0 Å². The molecule has 5 heteroatoms. The lowest BCUT2D eigenvalue weighted by Crippen LogP contribution is -1.96. The van der Waals surface area contributed by atoms with Gasteiger partial charge in [-0.3, -0.25) is 0 Å². The molecule has 1 aromatic heterocycles. The molecule has 0 aliphatic carbocycles. The van der Waals surface area contributed by atoms with Crippen molar-refractivity contribution in [1.29, 1.82) is 0 Å². The van der Waals surface area contributed by atoms with E-state index >= 15 is 0 Å². The van der Waals surface area contributed by atoms with E-state index in [2.05, 4.69) is 10.1 Å². The molecule has 0 aliphatic heterocycles. The Kier molecular flexibility index (Phi) is 2.53. The predicted molar refractivity (Wildman–Crippen MR) is 54.2 cm³/mol. The molecule has 0 saturated heterocycles. The maximum Gasteiger partial charge on any atom is 0.266 e. The largest absolute Gasteiger partial charge is 0.484 e. The predicted octanol–water partition coefficient (Wildman–Crippen LogP) is 1.54. The number of nitrogens with two attached hydrogens (primary N) is 1. The van der Waals surface area contributed by atoms with Gasteiger partial charge in [-0.2, -0.15) is 4.98 Å². The Morgan fingerprint density at radius 3 is 2.67 bits per heavy atom.